The van der Waals surface area contributed by atoms with Crippen LogP contribution in [0, 0.1) is 5.82 Å². The van der Waals surface area contributed by atoms with Crippen LogP contribution < -0.4 is 5.32 Å². The van der Waals surface area contributed by atoms with Crippen LogP contribution in [0.4, 0.5) is 4.39 Å². The van der Waals surface area contributed by atoms with Gasteiger partial charge in [-0.25, -0.2) is 4.39 Å². The first-order valence-corrected chi connectivity index (χ1v) is 9.92. The number of benzene rings is 1. The third kappa shape index (κ3) is 4.32. The molecule has 154 valence electrons. The number of halogens is 1. The van der Waals surface area contributed by atoms with Crippen molar-refractivity contribution in [2.45, 2.75) is 37.3 Å². The van der Waals surface area contributed by atoms with Crippen LogP contribution in [0.5, 0.6) is 0 Å². The Morgan fingerprint density at radius 1 is 1.28 bits per heavy atom. The molecule has 0 aliphatic carbocycles. The lowest BCUT2D eigenvalue weighted by molar-refractivity contribution is -0.114. The number of carbonyl (C=O) groups is 2. The molecular weight excluding hydrogens is 375 g/mol. The number of piperidine rings is 1. The Bertz CT molecular complexity index is 905. The largest absolute Gasteiger partial charge is 0.375 e. The summed E-state index contributed by atoms with van der Waals surface area (Å²) in [6, 6.07) is 5.82. The summed E-state index contributed by atoms with van der Waals surface area (Å²) in [5, 5.41) is 7.13. The highest BCUT2D eigenvalue weighted by atomic mass is 19.1. The van der Waals surface area contributed by atoms with Crippen LogP contribution in [0.1, 0.15) is 46.4 Å². The molecule has 0 bridgehead atoms. The van der Waals surface area contributed by atoms with Crippen molar-refractivity contribution < 1.29 is 18.7 Å². The molecule has 0 radical (unpaired) electrons. The maximum absolute atomic E-state index is 13.4. The minimum Gasteiger partial charge on any atom is -0.375 e. The molecule has 2 aromatic rings. The fourth-order valence-corrected chi connectivity index (χ4v) is 4.23. The van der Waals surface area contributed by atoms with E-state index in [2.05, 4.69) is 10.4 Å². The standard InChI is InChI=1S/C21H25FN4O3/c1-25-14-16(13-23-25)19(27)24-18-5-10-29-21(12-18)6-8-26(9-7-21)20(28)15-3-2-4-17(22)11-15/h2-4,11,13-14,18H,5-10,12H2,1H3,(H,24,27). The minimum atomic E-state index is -0.410. The summed E-state index contributed by atoms with van der Waals surface area (Å²) in [4.78, 5) is 26.8. The van der Waals surface area contributed by atoms with E-state index in [1.165, 1.54) is 12.1 Å². The molecule has 2 fully saturated rings. The molecule has 4 rings (SSSR count). The summed E-state index contributed by atoms with van der Waals surface area (Å²) in [5.74, 6) is -0.692. The van der Waals surface area contributed by atoms with E-state index in [1.54, 1.807) is 41.2 Å². The zero-order chi connectivity index (χ0) is 20.4. The molecular formula is C21H25FN4O3. The van der Waals surface area contributed by atoms with Crippen molar-refractivity contribution in [3.05, 3.63) is 53.6 Å². The Morgan fingerprint density at radius 2 is 2.07 bits per heavy atom. The molecule has 2 amide bonds. The van der Waals surface area contributed by atoms with Gasteiger partial charge < -0.3 is 15.0 Å². The maximum Gasteiger partial charge on any atom is 0.254 e. The first-order chi connectivity index (χ1) is 13.9. The predicted molar refractivity (Wildman–Crippen MR) is 104 cm³/mol. The third-order valence-electron chi connectivity index (χ3n) is 5.83. The summed E-state index contributed by atoms with van der Waals surface area (Å²) < 4.78 is 21.1. The number of carbonyl (C=O) groups excluding carboxylic acids is 2. The quantitative estimate of drug-likeness (QED) is 0.857. The van der Waals surface area contributed by atoms with Crippen molar-refractivity contribution in [2.24, 2.45) is 7.05 Å². The number of nitrogens with one attached hydrogen (secondary N) is 1. The van der Waals surface area contributed by atoms with Crippen molar-refractivity contribution in [1.82, 2.24) is 20.0 Å². The Morgan fingerprint density at radius 3 is 2.76 bits per heavy atom. The number of hydrogen-bond acceptors (Lipinski definition) is 4. The van der Waals surface area contributed by atoms with Gasteiger partial charge in [0.25, 0.3) is 11.8 Å². The lowest BCUT2D eigenvalue weighted by atomic mass is 9.82. The lowest BCUT2D eigenvalue weighted by Crippen LogP contribution is -2.54. The van der Waals surface area contributed by atoms with Crippen LogP contribution in [0.3, 0.4) is 0 Å². The smallest absolute Gasteiger partial charge is 0.254 e. The van der Waals surface area contributed by atoms with Gasteiger partial charge in [0.15, 0.2) is 0 Å². The van der Waals surface area contributed by atoms with Gasteiger partial charge in [-0.3, -0.25) is 14.3 Å². The van der Waals surface area contributed by atoms with Gasteiger partial charge in [-0.05, 0) is 43.9 Å². The van der Waals surface area contributed by atoms with Gasteiger partial charge >= 0.3 is 0 Å². The van der Waals surface area contributed by atoms with Crippen LogP contribution in [0.2, 0.25) is 0 Å². The van der Waals surface area contributed by atoms with Crippen LogP contribution in [0.25, 0.3) is 0 Å². The fraction of sp³-hybridized carbons (Fsp3) is 0.476. The summed E-state index contributed by atoms with van der Waals surface area (Å²) in [6.45, 7) is 1.69. The van der Waals surface area contributed by atoms with Crippen molar-refractivity contribution >= 4 is 11.8 Å². The maximum atomic E-state index is 13.4. The SMILES string of the molecule is Cn1cc(C(=O)NC2CCOC3(CCN(C(=O)c4cccc(F)c4)CC3)C2)cn1. The predicted octanol–water partition coefficient (Wildman–Crippen LogP) is 2.14. The molecule has 7 nitrogen and oxygen atoms in total. The zero-order valence-electron chi connectivity index (χ0n) is 16.4. The molecule has 8 heteroatoms. The van der Waals surface area contributed by atoms with Gasteiger partial charge in [0.1, 0.15) is 5.82 Å². The zero-order valence-corrected chi connectivity index (χ0v) is 16.4. The van der Waals surface area contributed by atoms with E-state index in [4.69, 9.17) is 4.74 Å². The van der Waals surface area contributed by atoms with Crippen LogP contribution >= 0.6 is 0 Å². The van der Waals surface area contributed by atoms with E-state index in [0.29, 0.717) is 43.7 Å². The van der Waals surface area contributed by atoms with Crippen molar-refractivity contribution in [2.75, 3.05) is 19.7 Å². The number of amides is 2. The number of hydrogen-bond donors (Lipinski definition) is 1. The minimum absolute atomic E-state index is 0.0296. The van der Waals surface area contributed by atoms with Gasteiger partial charge in [-0.2, -0.15) is 5.10 Å². The number of ether oxygens (including phenoxy) is 1. The highest BCUT2D eigenvalue weighted by Crippen LogP contribution is 2.35. The first-order valence-electron chi connectivity index (χ1n) is 9.92. The van der Waals surface area contributed by atoms with Crippen LogP contribution in [-0.4, -0.2) is 57.8 Å². The molecule has 1 spiro atoms. The molecule has 0 saturated carbocycles. The Hall–Kier alpha value is -2.74. The van der Waals surface area contributed by atoms with E-state index in [-0.39, 0.29) is 23.5 Å². The summed E-state index contributed by atoms with van der Waals surface area (Å²) in [5.41, 5.74) is 0.583. The van der Waals surface area contributed by atoms with Gasteiger partial charge in [-0.15, -0.1) is 0 Å². The Kier molecular flexibility index (Phi) is 5.36. The average molecular weight is 400 g/mol. The van der Waals surface area contributed by atoms with E-state index < -0.39 is 5.82 Å². The van der Waals surface area contributed by atoms with Crippen LogP contribution in [0.15, 0.2) is 36.7 Å². The van der Waals surface area contributed by atoms with Crippen molar-refractivity contribution in [3.63, 3.8) is 0 Å². The number of aryl methyl sites for hydroxylation is 1. The topological polar surface area (TPSA) is 76.5 Å². The van der Waals surface area contributed by atoms with E-state index in [1.807, 2.05) is 0 Å². The lowest BCUT2D eigenvalue weighted by Gasteiger charge is -2.46. The summed E-state index contributed by atoms with van der Waals surface area (Å²) in [6.07, 6.45) is 6.14. The molecule has 1 aromatic carbocycles. The number of rotatable bonds is 3. The summed E-state index contributed by atoms with van der Waals surface area (Å²) in [7, 11) is 1.78. The van der Waals surface area contributed by atoms with Gasteiger partial charge in [0, 0.05) is 44.5 Å². The molecule has 1 atom stereocenters. The molecule has 2 aliphatic rings. The van der Waals surface area contributed by atoms with Crippen molar-refractivity contribution in [1.29, 1.82) is 0 Å². The van der Waals surface area contributed by atoms with Crippen LogP contribution in [-0.2, 0) is 11.8 Å². The number of nitrogens with zero attached hydrogens (tertiary/aromatic N) is 3. The second-order valence-corrected chi connectivity index (χ2v) is 7.90. The van der Waals surface area contributed by atoms with E-state index in [9.17, 15) is 14.0 Å². The van der Waals surface area contributed by atoms with Gasteiger partial charge in [0.05, 0.1) is 17.4 Å². The normalized spacial score (nSPS) is 21.2. The molecule has 1 N–H and O–H groups in total. The Balaban J connectivity index is 1.35. The third-order valence-corrected chi connectivity index (χ3v) is 5.83. The Labute approximate surface area is 168 Å². The average Bonchev–Trinajstić information content (AvgIpc) is 3.15. The van der Waals surface area contributed by atoms with Gasteiger partial charge in [0.2, 0.25) is 0 Å². The fourth-order valence-electron chi connectivity index (χ4n) is 4.23. The van der Waals surface area contributed by atoms with Gasteiger partial charge in [-0.1, -0.05) is 6.07 Å². The molecule has 29 heavy (non-hydrogen) atoms. The molecule has 3 heterocycles. The first kappa shape index (κ1) is 19.6. The van der Waals surface area contributed by atoms with Crippen molar-refractivity contribution in [3.8, 4) is 0 Å². The molecule has 2 aliphatic heterocycles. The molecule has 1 unspecified atom stereocenters. The molecule has 2 saturated heterocycles. The van der Waals surface area contributed by atoms with E-state index >= 15 is 0 Å². The number of aromatic nitrogens is 2. The highest BCUT2D eigenvalue weighted by molar-refractivity contribution is 5.94. The van der Waals surface area contributed by atoms with E-state index in [0.717, 1.165) is 12.8 Å². The summed E-state index contributed by atoms with van der Waals surface area (Å²) >= 11 is 0. The highest BCUT2D eigenvalue weighted by Gasteiger charge is 2.41. The second-order valence-electron chi connectivity index (χ2n) is 7.90. The monoisotopic (exact) mass is 400 g/mol. The molecule has 1 aromatic heterocycles. The number of likely N-dealkylation sites (tertiary alicyclic amines) is 1. The second kappa shape index (κ2) is 7.94.